The average molecular weight is 319 g/mol. The van der Waals surface area contributed by atoms with E-state index in [1.165, 1.54) is 10.7 Å². The van der Waals surface area contributed by atoms with Gasteiger partial charge in [0.1, 0.15) is 6.04 Å². The Balaban J connectivity index is 2.66. The first-order valence-corrected chi connectivity index (χ1v) is 5.74. The highest BCUT2D eigenvalue weighted by Crippen LogP contribution is 2.09. The van der Waals surface area contributed by atoms with E-state index in [4.69, 9.17) is 4.74 Å². The fourth-order valence-corrected chi connectivity index (χ4v) is 1.66. The quantitative estimate of drug-likeness (QED) is 0.677. The molecule has 82 valence electrons. The lowest BCUT2D eigenvalue weighted by atomic mass is 10.1. The average Bonchev–Trinajstić information content (AvgIpc) is 2.27. The van der Waals surface area contributed by atoms with Crippen molar-refractivity contribution in [1.82, 2.24) is 5.32 Å². The van der Waals surface area contributed by atoms with Gasteiger partial charge in [0.05, 0.1) is 7.11 Å². The maximum absolute atomic E-state index is 11.3. The summed E-state index contributed by atoms with van der Waals surface area (Å²) in [5, 5.41) is 2.94. The molecule has 0 spiro atoms. The minimum absolute atomic E-state index is 0.226. The maximum atomic E-state index is 11.3. The molecule has 0 aliphatic heterocycles. The lowest BCUT2D eigenvalue weighted by Crippen LogP contribution is -2.36. The van der Waals surface area contributed by atoms with Crippen LogP contribution in [0.15, 0.2) is 24.3 Å². The van der Waals surface area contributed by atoms with Crippen LogP contribution in [-0.4, -0.2) is 26.2 Å². The second kappa shape index (κ2) is 6.07. The van der Waals surface area contributed by atoms with E-state index in [-0.39, 0.29) is 12.0 Å². The fraction of sp³-hybridized carbons (Fsp3) is 0.364. The Morgan fingerprint density at radius 3 is 2.53 bits per heavy atom. The fourth-order valence-electron chi connectivity index (χ4n) is 1.30. The highest BCUT2D eigenvalue weighted by molar-refractivity contribution is 14.1. The third-order valence-electron chi connectivity index (χ3n) is 2.19. The predicted molar refractivity (Wildman–Crippen MR) is 67.7 cm³/mol. The monoisotopic (exact) mass is 319 g/mol. The van der Waals surface area contributed by atoms with E-state index < -0.39 is 0 Å². The Morgan fingerprint density at radius 1 is 1.47 bits per heavy atom. The van der Waals surface area contributed by atoms with E-state index in [9.17, 15) is 4.79 Å². The normalized spacial score (nSPS) is 12.2. The molecule has 0 aliphatic carbocycles. The summed E-state index contributed by atoms with van der Waals surface area (Å²) in [6.07, 6.45) is 0.653. The van der Waals surface area contributed by atoms with Crippen molar-refractivity contribution >= 4 is 28.6 Å². The number of rotatable bonds is 4. The van der Waals surface area contributed by atoms with E-state index in [0.29, 0.717) is 6.42 Å². The molecule has 0 aromatic heterocycles. The predicted octanol–water partition coefficient (Wildman–Crippen LogP) is 1.59. The van der Waals surface area contributed by atoms with Gasteiger partial charge in [0.2, 0.25) is 0 Å². The molecule has 3 nitrogen and oxygen atoms in total. The maximum Gasteiger partial charge on any atom is 0.323 e. The number of methoxy groups -OCH3 is 1. The molecule has 0 unspecified atom stereocenters. The van der Waals surface area contributed by atoms with E-state index in [1.54, 1.807) is 7.05 Å². The van der Waals surface area contributed by atoms with E-state index in [0.717, 1.165) is 5.56 Å². The summed E-state index contributed by atoms with van der Waals surface area (Å²) in [5.74, 6) is -0.226. The number of likely N-dealkylation sites (N-methyl/N-ethyl adjacent to an activating group) is 1. The van der Waals surface area contributed by atoms with Gasteiger partial charge < -0.3 is 10.1 Å². The van der Waals surface area contributed by atoms with Gasteiger partial charge in [-0.15, -0.1) is 0 Å². The first-order valence-electron chi connectivity index (χ1n) is 4.67. The van der Waals surface area contributed by atoms with Crippen molar-refractivity contribution in [2.24, 2.45) is 0 Å². The van der Waals surface area contributed by atoms with Crippen LogP contribution in [0.2, 0.25) is 0 Å². The zero-order valence-electron chi connectivity index (χ0n) is 8.79. The summed E-state index contributed by atoms with van der Waals surface area (Å²) in [6.45, 7) is 0. The smallest absolute Gasteiger partial charge is 0.323 e. The van der Waals surface area contributed by atoms with Crippen LogP contribution in [0.1, 0.15) is 5.56 Å². The summed E-state index contributed by atoms with van der Waals surface area (Å²) in [5.41, 5.74) is 1.13. The molecule has 1 aromatic carbocycles. The molecule has 0 amide bonds. The first-order chi connectivity index (χ1) is 7.17. The highest BCUT2D eigenvalue weighted by Gasteiger charge is 2.16. The van der Waals surface area contributed by atoms with Crippen LogP contribution < -0.4 is 5.32 Å². The van der Waals surface area contributed by atoms with Gasteiger partial charge in [-0.3, -0.25) is 4.79 Å². The topological polar surface area (TPSA) is 38.3 Å². The third kappa shape index (κ3) is 3.79. The van der Waals surface area contributed by atoms with Crippen LogP contribution >= 0.6 is 22.6 Å². The number of benzene rings is 1. The molecule has 0 radical (unpaired) electrons. The van der Waals surface area contributed by atoms with Crippen LogP contribution in [0.25, 0.3) is 0 Å². The number of halogens is 1. The second-order valence-corrected chi connectivity index (χ2v) is 4.44. The lowest BCUT2D eigenvalue weighted by molar-refractivity contribution is -0.142. The van der Waals surface area contributed by atoms with Gasteiger partial charge in [-0.25, -0.2) is 0 Å². The number of carbonyl (C=O) groups is 1. The Morgan fingerprint density at radius 2 is 2.07 bits per heavy atom. The molecule has 0 saturated heterocycles. The second-order valence-electron chi connectivity index (χ2n) is 3.20. The minimum Gasteiger partial charge on any atom is -0.468 e. The van der Waals surface area contributed by atoms with Gasteiger partial charge in [-0.05, 0) is 53.8 Å². The van der Waals surface area contributed by atoms with E-state index >= 15 is 0 Å². The third-order valence-corrected chi connectivity index (χ3v) is 2.91. The van der Waals surface area contributed by atoms with Crippen LogP contribution in [0, 0.1) is 3.57 Å². The number of ether oxygens (including phenoxy) is 1. The van der Waals surface area contributed by atoms with Crippen molar-refractivity contribution in [3.63, 3.8) is 0 Å². The van der Waals surface area contributed by atoms with Crippen molar-refractivity contribution in [2.75, 3.05) is 14.2 Å². The van der Waals surface area contributed by atoms with Crippen molar-refractivity contribution in [3.05, 3.63) is 33.4 Å². The van der Waals surface area contributed by atoms with Crippen molar-refractivity contribution in [1.29, 1.82) is 0 Å². The standard InChI is InChI=1S/C11H14INO2/c1-13-10(11(14)15-2)7-8-3-5-9(12)6-4-8/h3-6,10,13H,7H2,1-2H3/t10-/m0/s1. The summed E-state index contributed by atoms with van der Waals surface area (Å²) >= 11 is 2.25. The number of nitrogens with one attached hydrogen (secondary N) is 1. The molecule has 15 heavy (non-hydrogen) atoms. The molecule has 0 aliphatic rings. The van der Waals surface area contributed by atoms with Crippen LogP contribution in [-0.2, 0) is 16.0 Å². The zero-order valence-corrected chi connectivity index (χ0v) is 10.9. The highest BCUT2D eigenvalue weighted by atomic mass is 127. The van der Waals surface area contributed by atoms with Crippen molar-refractivity contribution in [3.8, 4) is 0 Å². The van der Waals surface area contributed by atoms with E-state index in [1.807, 2.05) is 24.3 Å². The molecule has 1 N–H and O–H groups in total. The van der Waals surface area contributed by atoms with Crippen LogP contribution in [0.3, 0.4) is 0 Å². The molecule has 1 atom stereocenters. The first kappa shape index (κ1) is 12.4. The molecular weight excluding hydrogens is 305 g/mol. The van der Waals surface area contributed by atoms with Crippen molar-refractivity contribution in [2.45, 2.75) is 12.5 Å². The Kier molecular flexibility index (Phi) is 5.04. The van der Waals surface area contributed by atoms with Crippen molar-refractivity contribution < 1.29 is 9.53 Å². The number of esters is 1. The van der Waals surface area contributed by atoms with Crippen LogP contribution in [0.5, 0.6) is 0 Å². The lowest BCUT2D eigenvalue weighted by Gasteiger charge is -2.13. The van der Waals surface area contributed by atoms with Gasteiger partial charge >= 0.3 is 5.97 Å². The molecule has 0 fully saturated rings. The SMILES string of the molecule is CN[C@@H](Cc1ccc(I)cc1)C(=O)OC. The van der Waals surface area contributed by atoms with Gasteiger partial charge in [0.25, 0.3) is 0 Å². The van der Waals surface area contributed by atoms with Gasteiger partial charge in [0, 0.05) is 3.57 Å². The zero-order chi connectivity index (χ0) is 11.3. The molecule has 0 bridgehead atoms. The molecule has 1 aromatic rings. The molecular formula is C11H14INO2. The molecule has 4 heteroatoms. The summed E-state index contributed by atoms with van der Waals surface area (Å²) in [4.78, 5) is 11.3. The Hall–Kier alpha value is -0.620. The van der Waals surface area contributed by atoms with Gasteiger partial charge in [-0.2, -0.15) is 0 Å². The summed E-state index contributed by atoms with van der Waals surface area (Å²) in [7, 11) is 3.16. The van der Waals surface area contributed by atoms with Gasteiger partial charge in [-0.1, -0.05) is 12.1 Å². The van der Waals surface area contributed by atoms with E-state index in [2.05, 4.69) is 27.9 Å². The summed E-state index contributed by atoms with van der Waals surface area (Å²) < 4.78 is 5.89. The number of hydrogen-bond donors (Lipinski definition) is 1. The van der Waals surface area contributed by atoms with Gasteiger partial charge in [0.15, 0.2) is 0 Å². The van der Waals surface area contributed by atoms with Crippen LogP contribution in [0.4, 0.5) is 0 Å². The summed E-state index contributed by atoms with van der Waals surface area (Å²) in [6, 6.07) is 7.83. The molecule has 1 rings (SSSR count). The minimum atomic E-state index is -0.268. The Labute approximate surface area is 103 Å². The number of hydrogen-bond acceptors (Lipinski definition) is 3. The largest absolute Gasteiger partial charge is 0.468 e. The number of carbonyl (C=O) groups excluding carboxylic acids is 1. The Bertz CT molecular complexity index is 324. The molecule has 0 heterocycles. The molecule has 0 saturated carbocycles.